The Morgan fingerprint density at radius 3 is 2.47 bits per heavy atom. The normalized spacial score (nSPS) is 13.7. The Bertz CT molecular complexity index is 625. The largest absolute Gasteiger partial charge is 0.465 e. The SMILES string of the molecule is O=C(O)N1Cc2cn(-c3cc(F)cc(F)c3)nc2C1. The van der Waals surface area contributed by atoms with Crippen LogP contribution in [-0.2, 0) is 13.1 Å². The Hall–Kier alpha value is -2.44. The van der Waals surface area contributed by atoms with Crippen molar-refractivity contribution in [3.05, 3.63) is 47.3 Å². The van der Waals surface area contributed by atoms with E-state index >= 15 is 0 Å². The van der Waals surface area contributed by atoms with Crippen LogP contribution in [0.3, 0.4) is 0 Å². The van der Waals surface area contributed by atoms with Crippen LogP contribution in [0.5, 0.6) is 0 Å². The van der Waals surface area contributed by atoms with Gasteiger partial charge in [-0.1, -0.05) is 0 Å². The minimum Gasteiger partial charge on any atom is -0.465 e. The fourth-order valence-corrected chi connectivity index (χ4v) is 2.09. The Morgan fingerprint density at radius 2 is 1.89 bits per heavy atom. The fourth-order valence-electron chi connectivity index (χ4n) is 2.09. The Balaban J connectivity index is 1.94. The van der Waals surface area contributed by atoms with E-state index in [4.69, 9.17) is 5.11 Å². The second-order valence-corrected chi connectivity index (χ2v) is 4.31. The summed E-state index contributed by atoms with van der Waals surface area (Å²) in [7, 11) is 0. The molecule has 2 heterocycles. The number of halogens is 2. The molecule has 2 aromatic rings. The first-order chi connectivity index (χ1) is 9.02. The predicted molar refractivity (Wildman–Crippen MR) is 60.8 cm³/mol. The minimum atomic E-state index is -1.01. The lowest BCUT2D eigenvalue weighted by atomic mass is 10.3. The molecule has 0 radical (unpaired) electrons. The van der Waals surface area contributed by atoms with Crippen LogP contribution >= 0.6 is 0 Å². The summed E-state index contributed by atoms with van der Waals surface area (Å²) < 4.78 is 27.6. The van der Waals surface area contributed by atoms with Gasteiger partial charge in [0.05, 0.1) is 24.5 Å². The van der Waals surface area contributed by atoms with Crippen molar-refractivity contribution < 1.29 is 18.7 Å². The zero-order valence-electron chi connectivity index (χ0n) is 9.68. The second kappa shape index (κ2) is 4.04. The van der Waals surface area contributed by atoms with Gasteiger partial charge in [0, 0.05) is 17.8 Å². The number of rotatable bonds is 1. The first-order valence-electron chi connectivity index (χ1n) is 5.55. The van der Waals surface area contributed by atoms with Crippen LogP contribution in [0.25, 0.3) is 5.69 Å². The average molecular weight is 265 g/mol. The average Bonchev–Trinajstić information content (AvgIpc) is 2.84. The van der Waals surface area contributed by atoms with Crippen LogP contribution < -0.4 is 0 Å². The molecular weight excluding hydrogens is 256 g/mol. The number of aromatic nitrogens is 2. The molecule has 7 heteroatoms. The molecule has 1 aromatic heterocycles. The van der Waals surface area contributed by atoms with Crippen LogP contribution in [0.1, 0.15) is 11.3 Å². The number of nitrogens with zero attached hydrogens (tertiary/aromatic N) is 3. The molecule has 1 N–H and O–H groups in total. The molecule has 98 valence electrons. The highest BCUT2D eigenvalue weighted by Crippen LogP contribution is 2.23. The van der Waals surface area contributed by atoms with E-state index in [2.05, 4.69) is 5.10 Å². The van der Waals surface area contributed by atoms with Gasteiger partial charge in [0.15, 0.2) is 0 Å². The molecule has 0 saturated carbocycles. The standard InChI is InChI=1S/C12H9F2N3O2/c13-8-1-9(14)3-10(2-8)17-5-7-4-16(12(18)19)6-11(7)15-17/h1-3,5H,4,6H2,(H,18,19). The van der Waals surface area contributed by atoms with E-state index < -0.39 is 17.7 Å². The van der Waals surface area contributed by atoms with Gasteiger partial charge in [-0.25, -0.2) is 18.3 Å². The number of carboxylic acid groups (broad SMARTS) is 1. The molecule has 3 rings (SSSR count). The maximum Gasteiger partial charge on any atom is 0.407 e. The van der Waals surface area contributed by atoms with Crippen LogP contribution in [0.4, 0.5) is 13.6 Å². The van der Waals surface area contributed by atoms with E-state index in [-0.39, 0.29) is 18.8 Å². The Morgan fingerprint density at radius 1 is 1.21 bits per heavy atom. The third kappa shape index (κ3) is 2.03. The Labute approximate surface area is 106 Å². The summed E-state index contributed by atoms with van der Waals surface area (Å²) >= 11 is 0. The predicted octanol–water partition coefficient (Wildman–Crippen LogP) is 2.14. The monoisotopic (exact) mass is 265 g/mol. The molecule has 0 saturated heterocycles. The summed E-state index contributed by atoms with van der Waals surface area (Å²) in [5.74, 6) is -1.37. The molecule has 19 heavy (non-hydrogen) atoms. The van der Waals surface area contributed by atoms with Gasteiger partial charge < -0.3 is 5.11 Å². The highest BCUT2D eigenvalue weighted by Gasteiger charge is 2.26. The van der Waals surface area contributed by atoms with Crippen molar-refractivity contribution in [1.82, 2.24) is 14.7 Å². The molecule has 0 fully saturated rings. The lowest BCUT2D eigenvalue weighted by molar-refractivity contribution is 0.144. The van der Waals surface area contributed by atoms with Gasteiger partial charge in [0.1, 0.15) is 11.6 Å². The van der Waals surface area contributed by atoms with Gasteiger partial charge in [0.25, 0.3) is 0 Å². The fraction of sp³-hybridized carbons (Fsp3) is 0.167. The number of amides is 1. The second-order valence-electron chi connectivity index (χ2n) is 4.31. The van der Waals surface area contributed by atoms with Gasteiger partial charge in [-0.3, -0.25) is 4.90 Å². The van der Waals surface area contributed by atoms with Crippen LogP contribution in [0, 0.1) is 11.6 Å². The topological polar surface area (TPSA) is 58.4 Å². The summed E-state index contributed by atoms with van der Waals surface area (Å²) in [6, 6.07) is 3.12. The van der Waals surface area contributed by atoms with Gasteiger partial charge in [0.2, 0.25) is 0 Å². The summed E-state index contributed by atoms with van der Waals surface area (Å²) in [5, 5.41) is 13.0. The van der Waals surface area contributed by atoms with Crippen molar-refractivity contribution in [2.45, 2.75) is 13.1 Å². The molecule has 5 nitrogen and oxygen atoms in total. The summed E-state index contributed by atoms with van der Waals surface area (Å²) in [6.45, 7) is 0.429. The molecule has 1 aliphatic rings. The van der Waals surface area contributed by atoms with Crippen molar-refractivity contribution in [2.75, 3.05) is 0 Å². The molecule has 0 unspecified atom stereocenters. The van der Waals surface area contributed by atoms with E-state index in [1.165, 1.54) is 21.7 Å². The smallest absolute Gasteiger partial charge is 0.407 e. The van der Waals surface area contributed by atoms with Crippen molar-refractivity contribution in [3.63, 3.8) is 0 Å². The number of carbonyl (C=O) groups is 1. The van der Waals surface area contributed by atoms with E-state index in [1.54, 1.807) is 6.20 Å². The van der Waals surface area contributed by atoms with E-state index in [0.717, 1.165) is 11.6 Å². The van der Waals surface area contributed by atoms with Gasteiger partial charge >= 0.3 is 6.09 Å². The molecule has 0 bridgehead atoms. The van der Waals surface area contributed by atoms with Gasteiger partial charge in [-0.2, -0.15) is 5.10 Å². The summed E-state index contributed by atoms with van der Waals surface area (Å²) in [4.78, 5) is 12.0. The molecule has 0 aliphatic carbocycles. The maximum absolute atomic E-state index is 13.1. The molecule has 1 aliphatic heterocycles. The summed E-state index contributed by atoms with van der Waals surface area (Å²) in [6.07, 6.45) is 0.577. The quantitative estimate of drug-likeness (QED) is 0.859. The molecule has 1 aromatic carbocycles. The Kier molecular flexibility index (Phi) is 2.48. The van der Waals surface area contributed by atoms with Crippen molar-refractivity contribution in [3.8, 4) is 5.69 Å². The maximum atomic E-state index is 13.1. The highest BCUT2D eigenvalue weighted by atomic mass is 19.1. The number of fused-ring (bicyclic) bond motifs is 1. The minimum absolute atomic E-state index is 0.190. The lowest BCUT2D eigenvalue weighted by Crippen LogP contribution is -2.23. The van der Waals surface area contributed by atoms with Crippen molar-refractivity contribution in [1.29, 1.82) is 0 Å². The zero-order chi connectivity index (χ0) is 13.6. The van der Waals surface area contributed by atoms with Crippen molar-refractivity contribution >= 4 is 6.09 Å². The summed E-state index contributed by atoms with van der Waals surface area (Å²) in [5.41, 5.74) is 1.62. The third-order valence-electron chi connectivity index (χ3n) is 2.96. The van der Waals surface area contributed by atoms with E-state index in [1.807, 2.05) is 0 Å². The zero-order valence-corrected chi connectivity index (χ0v) is 9.68. The van der Waals surface area contributed by atoms with Crippen LogP contribution in [0.15, 0.2) is 24.4 Å². The highest BCUT2D eigenvalue weighted by molar-refractivity contribution is 5.66. The molecule has 1 amide bonds. The number of hydrogen-bond donors (Lipinski definition) is 1. The van der Waals surface area contributed by atoms with E-state index in [9.17, 15) is 13.6 Å². The van der Waals surface area contributed by atoms with Gasteiger partial charge in [-0.15, -0.1) is 0 Å². The van der Waals surface area contributed by atoms with Crippen molar-refractivity contribution in [2.24, 2.45) is 0 Å². The first kappa shape index (κ1) is 11.6. The van der Waals surface area contributed by atoms with Crippen LogP contribution in [0.2, 0.25) is 0 Å². The molecule has 0 atom stereocenters. The molecular formula is C12H9F2N3O2. The number of benzene rings is 1. The van der Waals surface area contributed by atoms with E-state index in [0.29, 0.717) is 5.69 Å². The third-order valence-corrected chi connectivity index (χ3v) is 2.96. The van der Waals surface area contributed by atoms with Crippen LogP contribution in [-0.4, -0.2) is 25.9 Å². The lowest BCUT2D eigenvalue weighted by Gasteiger charge is -2.10. The van der Waals surface area contributed by atoms with Gasteiger partial charge in [-0.05, 0) is 12.1 Å². The molecule has 0 spiro atoms. The number of hydrogen-bond acceptors (Lipinski definition) is 2. The first-order valence-corrected chi connectivity index (χ1v) is 5.55.